The highest BCUT2D eigenvalue weighted by Crippen LogP contribution is 2.21. The summed E-state index contributed by atoms with van der Waals surface area (Å²) in [6, 6.07) is 3.31. The number of furan rings is 1. The van der Waals surface area contributed by atoms with Crippen molar-refractivity contribution in [1.82, 2.24) is 10.0 Å². The summed E-state index contributed by atoms with van der Waals surface area (Å²) >= 11 is 0. The zero-order valence-electron chi connectivity index (χ0n) is 12.2. The first-order valence-electron chi connectivity index (χ1n) is 7.29. The van der Waals surface area contributed by atoms with Crippen molar-refractivity contribution >= 4 is 10.0 Å². The Bertz CT molecular complexity index is 516. The predicted molar refractivity (Wildman–Crippen MR) is 77.8 cm³/mol. The molecule has 114 valence electrons. The van der Waals surface area contributed by atoms with Gasteiger partial charge in [0.05, 0.1) is 6.54 Å². The van der Waals surface area contributed by atoms with Crippen LogP contribution in [-0.2, 0) is 16.6 Å². The average Bonchev–Trinajstić information content (AvgIpc) is 2.99. The predicted octanol–water partition coefficient (Wildman–Crippen LogP) is 2.25. The van der Waals surface area contributed by atoms with Gasteiger partial charge in [-0.2, -0.15) is 0 Å². The zero-order chi connectivity index (χ0) is 14.6. The van der Waals surface area contributed by atoms with Crippen LogP contribution in [0.5, 0.6) is 0 Å². The molecule has 1 aromatic heterocycles. The van der Waals surface area contributed by atoms with Gasteiger partial charge in [-0.3, -0.25) is 0 Å². The van der Waals surface area contributed by atoms with Gasteiger partial charge in [-0.25, -0.2) is 13.1 Å². The molecule has 0 radical (unpaired) electrons. The summed E-state index contributed by atoms with van der Waals surface area (Å²) in [5.74, 6) is 1.20. The molecular formula is C14H24N2O3S. The second-order valence-electron chi connectivity index (χ2n) is 5.85. The Morgan fingerprint density at radius 3 is 2.65 bits per heavy atom. The highest BCUT2D eigenvalue weighted by Gasteiger charge is 2.25. The summed E-state index contributed by atoms with van der Waals surface area (Å²) in [6.45, 7) is 5.67. The molecule has 2 rings (SSSR count). The Morgan fingerprint density at radius 2 is 2.00 bits per heavy atom. The second-order valence-corrected chi connectivity index (χ2v) is 7.49. The van der Waals surface area contributed by atoms with Crippen molar-refractivity contribution in [3.63, 3.8) is 0 Å². The third-order valence-corrected chi connectivity index (χ3v) is 4.82. The molecule has 2 N–H and O–H groups in total. The van der Waals surface area contributed by atoms with Crippen molar-refractivity contribution in [2.24, 2.45) is 5.92 Å². The molecule has 1 aliphatic rings. The molecule has 1 saturated carbocycles. The highest BCUT2D eigenvalue weighted by molar-refractivity contribution is 7.89. The number of sulfonamides is 1. The van der Waals surface area contributed by atoms with E-state index < -0.39 is 10.0 Å². The Labute approximate surface area is 121 Å². The number of hydrogen-bond donors (Lipinski definition) is 2. The molecule has 20 heavy (non-hydrogen) atoms. The summed E-state index contributed by atoms with van der Waals surface area (Å²) in [4.78, 5) is 0. The maximum atomic E-state index is 12.2. The average molecular weight is 300 g/mol. The first-order valence-corrected chi connectivity index (χ1v) is 8.77. The molecule has 1 heterocycles. The molecule has 5 nitrogen and oxygen atoms in total. The van der Waals surface area contributed by atoms with Gasteiger partial charge in [-0.05, 0) is 37.4 Å². The molecule has 0 bridgehead atoms. The molecule has 0 aromatic carbocycles. The zero-order valence-corrected chi connectivity index (χ0v) is 13.0. The lowest BCUT2D eigenvalue weighted by Crippen LogP contribution is -2.32. The summed E-state index contributed by atoms with van der Waals surface area (Å²) in [6.07, 6.45) is 4.02. The van der Waals surface area contributed by atoms with Gasteiger partial charge in [0.2, 0.25) is 5.09 Å². The molecule has 0 spiro atoms. The number of nitrogens with one attached hydrogen (secondary N) is 2. The van der Waals surface area contributed by atoms with Crippen molar-refractivity contribution < 1.29 is 12.8 Å². The van der Waals surface area contributed by atoms with Gasteiger partial charge in [0, 0.05) is 6.04 Å². The smallest absolute Gasteiger partial charge is 0.274 e. The van der Waals surface area contributed by atoms with Crippen LogP contribution in [0.25, 0.3) is 0 Å². The maximum absolute atomic E-state index is 12.2. The van der Waals surface area contributed by atoms with Crippen LogP contribution in [-0.4, -0.2) is 21.0 Å². The monoisotopic (exact) mass is 300 g/mol. The Hall–Kier alpha value is -0.850. The van der Waals surface area contributed by atoms with E-state index in [0.29, 0.717) is 18.2 Å². The Morgan fingerprint density at radius 1 is 1.30 bits per heavy atom. The van der Waals surface area contributed by atoms with E-state index >= 15 is 0 Å². The molecule has 6 heteroatoms. The van der Waals surface area contributed by atoms with E-state index in [1.807, 2.05) is 0 Å². The van der Waals surface area contributed by atoms with Gasteiger partial charge >= 0.3 is 0 Å². The fraction of sp³-hybridized carbons (Fsp3) is 0.714. The molecule has 1 aliphatic carbocycles. The normalized spacial score (nSPS) is 17.1. The van der Waals surface area contributed by atoms with Crippen LogP contribution >= 0.6 is 0 Å². The van der Waals surface area contributed by atoms with Crippen molar-refractivity contribution in [3.05, 3.63) is 17.9 Å². The van der Waals surface area contributed by atoms with Crippen LogP contribution in [0.3, 0.4) is 0 Å². The molecule has 0 amide bonds. The second kappa shape index (κ2) is 6.74. The lowest BCUT2D eigenvalue weighted by Gasteiger charge is -2.10. The van der Waals surface area contributed by atoms with Gasteiger partial charge in [-0.15, -0.1) is 0 Å². The van der Waals surface area contributed by atoms with Gasteiger partial charge in [-0.1, -0.05) is 26.7 Å². The molecule has 1 fully saturated rings. The minimum Gasteiger partial charge on any atom is -0.447 e. The van der Waals surface area contributed by atoms with Crippen LogP contribution in [0.2, 0.25) is 0 Å². The van der Waals surface area contributed by atoms with Gasteiger partial charge in [0.1, 0.15) is 5.76 Å². The quantitative estimate of drug-likeness (QED) is 0.810. The van der Waals surface area contributed by atoms with E-state index in [0.717, 1.165) is 32.2 Å². The van der Waals surface area contributed by atoms with E-state index in [1.165, 1.54) is 6.07 Å². The van der Waals surface area contributed by atoms with E-state index in [4.69, 9.17) is 4.42 Å². The molecule has 0 unspecified atom stereocenters. The Kier molecular flexibility index (Phi) is 5.23. The maximum Gasteiger partial charge on any atom is 0.274 e. The van der Waals surface area contributed by atoms with Crippen LogP contribution in [0.1, 0.15) is 45.3 Å². The fourth-order valence-electron chi connectivity index (χ4n) is 2.40. The van der Waals surface area contributed by atoms with Crippen molar-refractivity contribution in [3.8, 4) is 0 Å². The first kappa shape index (κ1) is 15.5. The topological polar surface area (TPSA) is 71.3 Å². The van der Waals surface area contributed by atoms with Crippen LogP contribution in [0.15, 0.2) is 21.6 Å². The van der Waals surface area contributed by atoms with Crippen molar-refractivity contribution in [2.75, 3.05) is 6.54 Å². The lowest BCUT2D eigenvalue weighted by atomic mass is 10.2. The molecule has 0 saturated heterocycles. The summed E-state index contributed by atoms with van der Waals surface area (Å²) < 4.78 is 32.5. The van der Waals surface area contributed by atoms with Gasteiger partial charge in [0.25, 0.3) is 10.0 Å². The van der Waals surface area contributed by atoms with Gasteiger partial charge < -0.3 is 9.73 Å². The minimum absolute atomic E-state index is 0.0192. The van der Waals surface area contributed by atoms with Crippen LogP contribution < -0.4 is 10.0 Å². The third kappa shape index (κ3) is 4.33. The largest absolute Gasteiger partial charge is 0.447 e. The number of hydrogen-bond acceptors (Lipinski definition) is 4. The fourth-order valence-corrected chi connectivity index (χ4v) is 3.66. The van der Waals surface area contributed by atoms with E-state index in [2.05, 4.69) is 23.9 Å². The molecule has 1 aromatic rings. The molecule has 0 aliphatic heterocycles. The number of rotatable bonds is 7. The summed E-state index contributed by atoms with van der Waals surface area (Å²) in [5, 5.41) is 3.25. The lowest BCUT2D eigenvalue weighted by molar-refractivity contribution is 0.392. The van der Waals surface area contributed by atoms with Crippen molar-refractivity contribution in [1.29, 1.82) is 0 Å². The van der Waals surface area contributed by atoms with Crippen LogP contribution in [0.4, 0.5) is 0 Å². The minimum atomic E-state index is -3.51. The van der Waals surface area contributed by atoms with Gasteiger partial charge in [0.15, 0.2) is 0 Å². The standard InChI is InChI=1S/C14H24N2O3S/c1-11(2)9-15-10-13-7-8-14(19-13)20(17,18)16-12-5-3-4-6-12/h7-8,11-12,15-16H,3-6,9-10H2,1-2H3. The van der Waals surface area contributed by atoms with E-state index in [1.54, 1.807) is 6.07 Å². The molecular weight excluding hydrogens is 276 g/mol. The Balaban J connectivity index is 1.92. The summed E-state index contributed by atoms with van der Waals surface area (Å²) in [7, 11) is -3.51. The van der Waals surface area contributed by atoms with E-state index in [-0.39, 0.29) is 11.1 Å². The SMILES string of the molecule is CC(C)CNCc1ccc(S(=O)(=O)NC2CCCC2)o1. The first-order chi connectivity index (χ1) is 9.47. The summed E-state index contributed by atoms with van der Waals surface area (Å²) in [5.41, 5.74) is 0. The van der Waals surface area contributed by atoms with E-state index in [9.17, 15) is 8.42 Å². The highest BCUT2D eigenvalue weighted by atomic mass is 32.2. The molecule has 0 atom stereocenters. The van der Waals surface area contributed by atoms with Crippen LogP contribution in [0, 0.1) is 5.92 Å². The van der Waals surface area contributed by atoms with Crippen molar-refractivity contribution in [2.45, 2.75) is 57.2 Å². The third-order valence-electron chi connectivity index (χ3n) is 3.43.